The molecule has 0 bridgehead atoms. The molecule has 2 aliphatic heterocycles. The van der Waals surface area contributed by atoms with E-state index in [-0.39, 0.29) is 5.41 Å². The van der Waals surface area contributed by atoms with Gasteiger partial charge in [0.25, 0.3) is 0 Å². The second-order valence-electron chi connectivity index (χ2n) is 7.65. The third kappa shape index (κ3) is 2.61. The number of nitrogens with zero attached hydrogens (tertiary/aromatic N) is 2. The number of piperidine rings is 1. The van der Waals surface area contributed by atoms with Crippen LogP contribution < -0.4 is 5.32 Å². The Balaban J connectivity index is 1.72. The maximum Gasteiger partial charge on any atom is 0.230 e. The normalized spacial score (nSPS) is 40.8. The minimum atomic E-state index is -0.0837. The van der Waals surface area contributed by atoms with Crippen LogP contribution >= 0.6 is 0 Å². The lowest BCUT2D eigenvalue weighted by Gasteiger charge is -2.45. The molecule has 0 aromatic carbocycles. The summed E-state index contributed by atoms with van der Waals surface area (Å²) in [5, 5.41) is 3.50. The van der Waals surface area contributed by atoms with Gasteiger partial charge >= 0.3 is 0 Å². The van der Waals surface area contributed by atoms with Gasteiger partial charge in [0.05, 0.1) is 5.41 Å². The summed E-state index contributed by atoms with van der Waals surface area (Å²) >= 11 is 0. The van der Waals surface area contributed by atoms with Crippen molar-refractivity contribution in [1.82, 2.24) is 15.1 Å². The highest BCUT2D eigenvalue weighted by Crippen LogP contribution is 2.45. The zero-order valence-electron chi connectivity index (χ0n) is 13.9. The van der Waals surface area contributed by atoms with Gasteiger partial charge in [0, 0.05) is 32.2 Å². The molecule has 4 heteroatoms. The van der Waals surface area contributed by atoms with Crippen LogP contribution in [-0.2, 0) is 4.79 Å². The van der Waals surface area contributed by atoms with Gasteiger partial charge in [-0.15, -0.1) is 0 Å². The topological polar surface area (TPSA) is 35.6 Å². The largest absolute Gasteiger partial charge is 0.342 e. The minimum Gasteiger partial charge on any atom is -0.342 e. The number of rotatable bonds is 2. The summed E-state index contributed by atoms with van der Waals surface area (Å²) in [4.78, 5) is 17.8. The van der Waals surface area contributed by atoms with E-state index in [0.29, 0.717) is 23.9 Å². The van der Waals surface area contributed by atoms with Crippen LogP contribution in [0, 0.1) is 11.3 Å². The van der Waals surface area contributed by atoms with Crippen LogP contribution in [0.15, 0.2) is 0 Å². The van der Waals surface area contributed by atoms with Crippen LogP contribution in [0.1, 0.15) is 45.4 Å². The third-order valence-electron chi connectivity index (χ3n) is 6.51. The first kappa shape index (κ1) is 15.3. The van der Waals surface area contributed by atoms with E-state index >= 15 is 0 Å². The van der Waals surface area contributed by atoms with Crippen molar-refractivity contribution in [1.29, 1.82) is 0 Å². The second kappa shape index (κ2) is 5.88. The van der Waals surface area contributed by atoms with E-state index in [9.17, 15) is 4.79 Å². The fraction of sp³-hybridized carbons (Fsp3) is 0.941. The van der Waals surface area contributed by atoms with Gasteiger partial charge < -0.3 is 15.1 Å². The summed E-state index contributed by atoms with van der Waals surface area (Å²) < 4.78 is 0. The van der Waals surface area contributed by atoms with Crippen LogP contribution in [0.4, 0.5) is 0 Å². The minimum absolute atomic E-state index is 0.0837. The molecular formula is C17H31N3O. The highest BCUT2D eigenvalue weighted by atomic mass is 16.2. The summed E-state index contributed by atoms with van der Waals surface area (Å²) in [6, 6.07) is 1.02. The molecular weight excluding hydrogens is 262 g/mol. The maximum absolute atomic E-state index is 13.3. The molecule has 0 aromatic heterocycles. The molecule has 4 atom stereocenters. The van der Waals surface area contributed by atoms with Crippen molar-refractivity contribution < 1.29 is 4.79 Å². The molecule has 2 saturated heterocycles. The number of hydrogen-bond donors (Lipinski definition) is 1. The summed E-state index contributed by atoms with van der Waals surface area (Å²) in [5.41, 5.74) is -0.0837. The lowest BCUT2D eigenvalue weighted by molar-refractivity contribution is -0.147. The predicted octanol–water partition coefficient (Wildman–Crippen LogP) is 1.71. The Morgan fingerprint density at radius 2 is 2.14 bits per heavy atom. The van der Waals surface area contributed by atoms with E-state index in [1.54, 1.807) is 0 Å². The molecule has 2 heterocycles. The van der Waals surface area contributed by atoms with Crippen molar-refractivity contribution in [2.24, 2.45) is 11.3 Å². The smallest absolute Gasteiger partial charge is 0.230 e. The van der Waals surface area contributed by atoms with Crippen LogP contribution in [-0.4, -0.2) is 61.5 Å². The zero-order chi connectivity index (χ0) is 15.0. The van der Waals surface area contributed by atoms with E-state index in [1.807, 2.05) is 0 Å². The van der Waals surface area contributed by atoms with E-state index in [2.05, 4.69) is 36.1 Å². The summed E-state index contributed by atoms with van der Waals surface area (Å²) in [7, 11) is 4.25. The van der Waals surface area contributed by atoms with Gasteiger partial charge in [-0.05, 0) is 52.1 Å². The molecule has 3 fully saturated rings. The first-order chi connectivity index (χ1) is 10.0. The second-order valence-corrected chi connectivity index (χ2v) is 7.65. The summed E-state index contributed by atoms with van der Waals surface area (Å²) in [6.45, 7) is 5.34. The molecule has 0 radical (unpaired) electrons. The molecule has 120 valence electrons. The number of nitrogens with one attached hydrogen (secondary N) is 1. The van der Waals surface area contributed by atoms with Crippen LogP contribution in [0.3, 0.4) is 0 Å². The molecule has 2 unspecified atom stereocenters. The number of fused-ring (bicyclic) bond motifs is 1. The van der Waals surface area contributed by atoms with Crippen molar-refractivity contribution in [3.63, 3.8) is 0 Å². The lowest BCUT2D eigenvalue weighted by Crippen LogP contribution is -2.54. The number of carbonyl (C=O) groups is 1. The van der Waals surface area contributed by atoms with Gasteiger partial charge in [-0.1, -0.05) is 12.8 Å². The average Bonchev–Trinajstić information content (AvgIpc) is 2.93. The standard InChI is InChI=1S/C17H31N3O/c1-13-10-15(7-9-19(13)2)20(3)16(21)17-8-5-4-6-14(17)11-18-12-17/h13-15,18H,4-12H2,1-3H3/t13?,14-,15?,17+/m0/s1. The average molecular weight is 293 g/mol. The first-order valence-electron chi connectivity index (χ1n) is 8.73. The van der Waals surface area contributed by atoms with Crippen LogP contribution in [0.5, 0.6) is 0 Å². The molecule has 1 N–H and O–H groups in total. The van der Waals surface area contributed by atoms with Gasteiger partial charge in [-0.25, -0.2) is 0 Å². The number of hydrogen-bond acceptors (Lipinski definition) is 3. The Kier molecular flexibility index (Phi) is 4.28. The highest BCUT2D eigenvalue weighted by molar-refractivity contribution is 5.84. The molecule has 3 rings (SSSR count). The zero-order valence-corrected chi connectivity index (χ0v) is 13.9. The molecule has 1 amide bonds. The first-order valence-corrected chi connectivity index (χ1v) is 8.73. The number of likely N-dealkylation sites (tertiary alicyclic amines) is 1. The highest BCUT2D eigenvalue weighted by Gasteiger charge is 2.51. The lowest BCUT2D eigenvalue weighted by atomic mass is 9.67. The van der Waals surface area contributed by atoms with E-state index in [4.69, 9.17) is 0 Å². The molecule has 1 aliphatic carbocycles. The fourth-order valence-electron chi connectivity index (χ4n) is 4.80. The maximum atomic E-state index is 13.3. The fourth-order valence-corrected chi connectivity index (χ4v) is 4.80. The monoisotopic (exact) mass is 293 g/mol. The van der Waals surface area contributed by atoms with Gasteiger partial charge in [0.1, 0.15) is 0 Å². The van der Waals surface area contributed by atoms with Crippen LogP contribution in [0.25, 0.3) is 0 Å². The summed E-state index contributed by atoms with van der Waals surface area (Å²) in [5.74, 6) is 1.00. The van der Waals surface area contributed by atoms with E-state index in [0.717, 1.165) is 38.9 Å². The Morgan fingerprint density at radius 1 is 1.33 bits per heavy atom. The predicted molar refractivity (Wildman–Crippen MR) is 85.1 cm³/mol. The summed E-state index contributed by atoms with van der Waals surface area (Å²) in [6.07, 6.45) is 7.09. The Labute approximate surface area is 129 Å². The third-order valence-corrected chi connectivity index (χ3v) is 6.51. The van der Waals surface area contributed by atoms with E-state index in [1.165, 1.54) is 19.3 Å². The SMILES string of the molecule is CC1CC(N(C)C(=O)[C@@]23CCCC[C@H]2CNC3)CCN1C. The van der Waals surface area contributed by atoms with Gasteiger partial charge in [0.2, 0.25) is 5.91 Å². The van der Waals surface area contributed by atoms with Crippen molar-refractivity contribution in [2.75, 3.05) is 33.7 Å². The number of carbonyl (C=O) groups excluding carboxylic acids is 1. The van der Waals surface area contributed by atoms with Gasteiger partial charge in [0.15, 0.2) is 0 Å². The molecule has 0 spiro atoms. The number of amides is 1. The Bertz CT molecular complexity index is 399. The quantitative estimate of drug-likeness (QED) is 0.842. The molecule has 3 aliphatic rings. The van der Waals surface area contributed by atoms with Gasteiger partial charge in [-0.2, -0.15) is 0 Å². The van der Waals surface area contributed by atoms with Crippen molar-refractivity contribution in [3.8, 4) is 0 Å². The molecule has 1 saturated carbocycles. The van der Waals surface area contributed by atoms with Crippen molar-refractivity contribution in [3.05, 3.63) is 0 Å². The molecule has 0 aromatic rings. The Morgan fingerprint density at radius 3 is 2.90 bits per heavy atom. The van der Waals surface area contributed by atoms with Crippen molar-refractivity contribution >= 4 is 5.91 Å². The van der Waals surface area contributed by atoms with Gasteiger partial charge in [-0.3, -0.25) is 4.79 Å². The molecule has 21 heavy (non-hydrogen) atoms. The van der Waals surface area contributed by atoms with Crippen molar-refractivity contribution in [2.45, 2.75) is 57.5 Å². The van der Waals surface area contributed by atoms with Crippen LogP contribution in [0.2, 0.25) is 0 Å². The Hall–Kier alpha value is -0.610. The molecule has 4 nitrogen and oxygen atoms in total. The van der Waals surface area contributed by atoms with E-state index < -0.39 is 0 Å².